The smallest absolute Gasteiger partial charge is 0.372 e. The third kappa shape index (κ3) is 4.61. The van der Waals surface area contributed by atoms with E-state index in [0.717, 1.165) is 12.0 Å². The van der Waals surface area contributed by atoms with Gasteiger partial charge in [-0.3, -0.25) is 0 Å². The quantitative estimate of drug-likeness (QED) is 0.402. The van der Waals surface area contributed by atoms with E-state index in [2.05, 4.69) is 0 Å². The Labute approximate surface area is 151 Å². The van der Waals surface area contributed by atoms with E-state index in [4.69, 9.17) is 4.74 Å². The maximum absolute atomic E-state index is 13.8. The average molecular weight is 394 g/mol. The first kappa shape index (κ1) is 21.2. The molecular formula is C19H17F7O. The average Bonchev–Trinajstić information content (AvgIpc) is 2.61. The molecule has 0 amide bonds. The Hall–Kier alpha value is -2.09. The van der Waals surface area contributed by atoms with Crippen LogP contribution in [0.15, 0.2) is 24.3 Å². The Bertz CT molecular complexity index is 768. The zero-order valence-electron chi connectivity index (χ0n) is 14.6. The summed E-state index contributed by atoms with van der Waals surface area (Å²) >= 11 is 0. The molecule has 0 bridgehead atoms. The van der Waals surface area contributed by atoms with Crippen LogP contribution in [0.2, 0.25) is 0 Å². The minimum absolute atomic E-state index is 0.135. The molecular weight excluding hydrogens is 377 g/mol. The number of ether oxygens (including phenoxy) is 1. The summed E-state index contributed by atoms with van der Waals surface area (Å²) in [6.45, 7) is 3.03. The molecule has 0 aliphatic heterocycles. The Morgan fingerprint density at radius 3 is 1.81 bits per heavy atom. The number of halogens is 7. The summed E-state index contributed by atoms with van der Waals surface area (Å²) < 4.78 is 97.3. The van der Waals surface area contributed by atoms with Crippen LogP contribution < -0.4 is 0 Å². The number of hydrogen-bond donors (Lipinski definition) is 0. The summed E-state index contributed by atoms with van der Waals surface area (Å²) in [6.07, 6.45) is -4.62. The van der Waals surface area contributed by atoms with Crippen LogP contribution in [-0.2, 0) is 24.1 Å². The van der Waals surface area contributed by atoms with Crippen LogP contribution >= 0.6 is 0 Å². The Kier molecular flexibility index (Phi) is 6.51. The lowest BCUT2D eigenvalue weighted by molar-refractivity contribution is -0.143. The second-order valence-corrected chi connectivity index (χ2v) is 6.15. The highest BCUT2D eigenvalue weighted by Crippen LogP contribution is 2.37. The van der Waals surface area contributed by atoms with Gasteiger partial charge in [-0.05, 0) is 23.5 Å². The number of rotatable bonds is 6. The van der Waals surface area contributed by atoms with Crippen molar-refractivity contribution in [2.75, 3.05) is 0 Å². The standard InChI is InChI=1S/C19H17F7O/c1-3-10(2)12-6-4-11(5-7-12)8-27-9-13-15(20)17(22)14(19(24,25)26)18(23)16(13)21/h4-7,10H,3,8-9H2,1-2H3. The number of alkyl halides is 3. The zero-order valence-corrected chi connectivity index (χ0v) is 14.6. The second-order valence-electron chi connectivity index (χ2n) is 6.15. The largest absolute Gasteiger partial charge is 0.422 e. The van der Waals surface area contributed by atoms with E-state index < -0.39 is 47.2 Å². The van der Waals surface area contributed by atoms with Crippen molar-refractivity contribution < 1.29 is 35.5 Å². The van der Waals surface area contributed by atoms with E-state index in [1.165, 1.54) is 0 Å². The summed E-state index contributed by atoms with van der Waals surface area (Å²) in [5, 5.41) is 0. The van der Waals surface area contributed by atoms with Crippen molar-refractivity contribution in [1.82, 2.24) is 0 Å². The summed E-state index contributed by atoms with van der Waals surface area (Å²) in [5.74, 6) is -8.86. The first-order valence-electron chi connectivity index (χ1n) is 8.16. The second kappa shape index (κ2) is 8.29. The van der Waals surface area contributed by atoms with E-state index in [1.54, 1.807) is 12.1 Å². The molecule has 0 spiro atoms. The van der Waals surface area contributed by atoms with Crippen LogP contribution in [0.4, 0.5) is 30.7 Å². The fourth-order valence-electron chi connectivity index (χ4n) is 2.50. The Morgan fingerprint density at radius 2 is 1.37 bits per heavy atom. The highest BCUT2D eigenvalue weighted by Gasteiger charge is 2.42. The van der Waals surface area contributed by atoms with Gasteiger partial charge in [0.2, 0.25) is 0 Å². The fourth-order valence-corrected chi connectivity index (χ4v) is 2.50. The molecule has 8 heteroatoms. The van der Waals surface area contributed by atoms with Gasteiger partial charge in [-0.1, -0.05) is 38.1 Å². The van der Waals surface area contributed by atoms with Crippen molar-refractivity contribution in [3.63, 3.8) is 0 Å². The lowest BCUT2D eigenvalue weighted by Gasteiger charge is -2.14. The molecule has 0 N–H and O–H groups in total. The molecule has 2 aromatic rings. The molecule has 0 saturated carbocycles. The van der Waals surface area contributed by atoms with Crippen LogP contribution in [0.25, 0.3) is 0 Å². The summed E-state index contributed by atoms with van der Waals surface area (Å²) in [7, 11) is 0. The van der Waals surface area contributed by atoms with Gasteiger partial charge in [0.15, 0.2) is 23.3 Å². The molecule has 0 aliphatic rings. The topological polar surface area (TPSA) is 9.23 Å². The van der Waals surface area contributed by atoms with E-state index in [9.17, 15) is 30.7 Å². The SMILES string of the molecule is CCC(C)c1ccc(COCc2c(F)c(F)c(C(F)(F)F)c(F)c2F)cc1. The van der Waals surface area contributed by atoms with Crippen LogP contribution in [-0.4, -0.2) is 0 Å². The van der Waals surface area contributed by atoms with E-state index >= 15 is 0 Å². The van der Waals surface area contributed by atoms with Crippen molar-refractivity contribution in [2.24, 2.45) is 0 Å². The van der Waals surface area contributed by atoms with Crippen molar-refractivity contribution in [3.05, 3.63) is 69.8 Å². The lowest BCUT2D eigenvalue weighted by Crippen LogP contribution is -2.17. The van der Waals surface area contributed by atoms with Gasteiger partial charge < -0.3 is 4.74 Å². The molecule has 148 valence electrons. The van der Waals surface area contributed by atoms with E-state index in [1.807, 2.05) is 26.0 Å². The first-order chi connectivity index (χ1) is 12.6. The molecule has 1 nitrogen and oxygen atoms in total. The fraction of sp³-hybridized carbons (Fsp3) is 0.368. The zero-order chi connectivity index (χ0) is 20.4. The van der Waals surface area contributed by atoms with Crippen LogP contribution in [0.5, 0.6) is 0 Å². The molecule has 1 unspecified atom stereocenters. The first-order valence-corrected chi connectivity index (χ1v) is 8.16. The normalized spacial score (nSPS) is 13.1. The molecule has 27 heavy (non-hydrogen) atoms. The third-order valence-electron chi connectivity index (χ3n) is 4.31. The molecule has 2 rings (SSSR count). The minimum atomic E-state index is -5.56. The summed E-state index contributed by atoms with van der Waals surface area (Å²) in [6, 6.07) is 7.15. The molecule has 0 aliphatic carbocycles. The third-order valence-corrected chi connectivity index (χ3v) is 4.31. The van der Waals surface area contributed by atoms with Gasteiger partial charge in [0.25, 0.3) is 0 Å². The maximum atomic E-state index is 13.8. The number of hydrogen-bond acceptors (Lipinski definition) is 1. The Morgan fingerprint density at radius 1 is 0.852 bits per heavy atom. The van der Waals surface area contributed by atoms with Crippen molar-refractivity contribution in [3.8, 4) is 0 Å². The lowest BCUT2D eigenvalue weighted by atomic mass is 9.98. The molecule has 0 heterocycles. The maximum Gasteiger partial charge on any atom is 0.422 e. The van der Waals surface area contributed by atoms with Gasteiger partial charge in [-0.25, -0.2) is 17.6 Å². The molecule has 0 radical (unpaired) electrons. The van der Waals surface area contributed by atoms with Gasteiger partial charge in [0.05, 0.1) is 18.8 Å². The van der Waals surface area contributed by atoms with Crippen molar-refractivity contribution >= 4 is 0 Å². The Balaban J connectivity index is 2.15. The molecule has 0 saturated heterocycles. The van der Waals surface area contributed by atoms with Gasteiger partial charge in [0, 0.05) is 0 Å². The van der Waals surface area contributed by atoms with Gasteiger partial charge >= 0.3 is 6.18 Å². The molecule has 2 aromatic carbocycles. The van der Waals surface area contributed by atoms with Gasteiger partial charge in [-0.15, -0.1) is 0 Å². The minimum Gasteiger partial charge on any atom is -0.372 e. The van der Waals surface area contributed by atoms with Gasteiger partial charge in [-0.2, -0.15) is 13.2 Å². The van der Waals surface area contributed by atoms with Crippen LogP contribution in [0, 0.1) is 23.3 Å². The van der Waals surface area contributed by atoms with Crippen molar-refractivity contribution in [1.29, 1.82) is 0 Å². The van der Waals surface area contributed by atoms with Crippen LogP contribution in [0.1, 0.15) is 48.4 Å². The van der Waals surface area contributed by atoms with E-state index in [-0.39, 0.29) is 6.61 Å². The van der Waals surface area contributed by atoms with Crippen LogP contribution in [0.3, 0.4) is 0 Å². The highest BCUT2D eigenvalue weighted by atomic mass is 19.4. The molecule has 1 atom stereocenters. The molecule has 0 aromatic heterocycles. The predicted octanol–water partition coefficient (Wildman–Crippen LogP) is 6.49. The number of benzene rings is 2. The van der Waals surface area contributed by atoms with Gasteiger partial charge in [0.1, 0.15) is 5.56 Å². The molecule has 0 fully saturated rings. The summed E-state index contributed by atoms with van der Waals surface area (Å²) in [5.41, 5.74) is -2.10. The van der Waals surface area contributed by atoms with Crippen molar-refractivity contribution in [2.45, 2.75) is 45.6 Å². The van der Waals surface area contributed by atoms with E-state index in [0.29, 0.717) is 11.5 Å². The highest BCUT2D eigenvalue weighted by molar-refractivity contribution is 5.31. The monoisotopic (exact) mass is 394 g/mol. The predicted molar refractivity (Wildman–Crippen MR) is 84.9 cm³/mol. The summed E-state index contributed by atoms with van der Waals surface area (Å²) in [4.78, 5) is 0.